The minimum Gasteiger partial charge on any atom is -0.426 e. The van der Waals surface area contributed by atoms with E-state index in [1.165, 1.54) is 13.3 Å². The van der Waals surface area contributed by atoms with E-state index in [-0.39, 0.29) is 10.5 Å². The number of rotatable bonds is 4. The molecule has 0 amide bonds. The average molecular weight is 365 g/mol. The highest BCUT2D eigenvalue weighted by Gasteiger charge is 2.67. The molecule has 3 aliphatic rings. The Morgan fingerprint density at radius 3 is 2.44 bits per heavy atom. The average Bonchev–Trinajstić information content (AvgIpc) is 3.21. The molecule has 0 aromatic heterocycles. The first kappa shape index (κ1) is 18.8. The Kier molecular flexibility index (Phi) is 4.35. The van der Waals surface area contributed by atoms with Crippen molar-refractivity contribution in [3.63, 3.8) is 0 Å². The lowest BCUT2D eigenvalue weighted by atomic mass is 9.69. The van der Waals surface area contributed by atoms with Crippen LogP contribution in [0.15, 0.2) is 11.8 Å². The number of fused-ring (bicyclic) bond motifs is 3. The normalized spacial score (nSPS) is 37.0. The molecule has 0 saturated heterocycles. The van der Waals surface area contributed by atoms with Crippen LogP contribution in [0.2, 0.25) is 18.1 Å². The van der Waals surface area contributed by atoms with Gasteiger partial charge in [0.05, 0.1) is 6.10 Å². The number of carbonyl (C=O) groups excluding carboxylic acids is 2. The van der Waals surface area contributed by atoms with Crippen LogP contribution in [0.25, 0.3) is 0 Å². The van der Waals surface area contributed by atoms with E-state index in [0.717, 1.165) is 12.8 Å². The first-order chi connectivity index (χ1) is 11.4. The predicted molar refractivity (Wildman–Crippen MR) is 99.4 cm³/mol. The molecule has 0 radical (unpaired) electrons. The monoisotopic (exact) mass is 364 g/mol. The number of esters is 1. The van der Waals surface area contributed by atoms with Gasteiger partial charge in [0.15, 0.2) is 8.32 Å². The molecule has 2 saturated carbocycles. The van der Waals surface area contributed by atoms with Crippen molar-refractivity contribution in [2.75, 3.05) is 0 Å². The second-order valence-corrected chi connectivity index (χ2v) is 14.7. The lowest BCUT2D eigenvalue weighted by Gasteiger charge is -2.44. The topological polar surface area (TPSA) is 52.6 Å². The summed E-state index contributed by atoms with van der Waals surface area (Å²) in [5, 5.41) is 0.211. The molecule has 0 heterocycles. The number of Topliss-reactive ketones (excluding diaryl/α,β-unsaturated/α-hetero) is 1. The molecule has 3 aliphatic carbocycles. The number of hydrogen-bond donors (Lipinski definition) is 0. The molecule has 5 atom stereocenters. The maximum absolute atomic E-state index is 11.6. The van der Waals surface area contributed by atoms with E-state index in [2.05, 4.69) is 46.9 Å². The minimum absolute atomic E-state index is 0.0301. The van der Waals surface area contributed by atoms with Gasteiger partial charge < -0.3 is 9.16 Å². The molecule has 0 spiro atoms. The molecule has 0 aliphatic heterocycles. The van der Waals surface area contributed by atoms with Crippen LogP contribution in [0.1, 0.15) is 53.9 Å². The molecule has 3 rings (SSSR count). The van der Waals surface area contributed by atoms with Crippen molar-refractivity contribution in [2.45, 2.75) is 78.1 Å². The van der Waals surface area contributed by atoms with Gasteiger partial charge in [-0.3, -0.25) is 4.79 Å². The van der Waals surface area contributed by atoms with E-state index < -0.39 is 20.1 Å². The summed E-state index contributed by atoms with van der Waals surface area (Å²) >= 11 is 0. The molecule has 0 aromatic carbocycles. The van der Waals surface area contributed by atoms with Gasteiger partial charge in [0.2, 0.25) is 5.78 Å². The van der Waals surface area contributed by atoms with Crippen LogP contribution in [-0.4, -0.2) is 26.2 Å². The van der Waals surface area contributed by atoms with Gasteiger partial charge >= 0.3 is 5.97 Å². The van der Waals surface area contributed by atoms with Crippen molar-refractivity contribution in [3.05, 3.63) is 11.8 Å². The van der Waals surface area contributed by atoms with Gasteiger partial charge in [-0.15, -0.1) is 0 Å². The zero-order chi connectivity index (χ0) is 18.8. The molecule has 0 N–H and O–H groups in total. The van der Waals surface area contributed by atoms with Gasteiger partial charge in [0, 0.05) is 13.3 Å². The van der Waals surface area contributed by atoms with Crippen LogP contribution in [0.3, 0.4) is 0 Å². The maximum Gasteiger partial charge on any atom is 0.379 e. The second-order valence-electron chi connectivity index (χ2n) is 9.92. The van der Waals surface area contributed by atoms with Crippen LogP contribution in [0.4, 0.5) is 0 Å². The van der Waals surface area contributed by atoms with Crippen molar-refractivity contribution in [3.8, 4) is 0 Å². The smallest absolute Gasteiger partial charge is 0.379 e. The third-order valence-electron chi connectivity index (χ3n) is 7.18. The van der Waals surface area contributed by atoms with E-state index in [0.29, 0.717) is 29.6 Å². The summed E-state index contributed by atoms with van der Waals surface area (Å²) in [6, 6.07) is 0. The van der Waals surface area contributed by atoms with Crippen LogP contribution in [0.5, 0.6) is 0 Å². The van der Waals surface area contributed by atoms with Crippen LogP contribution >= 0.6 is 0 Å². The minimum atomic E-state index is -1.80. The van der Waals surface area contributed by atoms with Crippen LogP contribution < -0.4 is 0 Å². The maximum atomic E-state index is 11.6. The highest BCUT2D eigenvalue weighted by atomic mass is 28.4. The molecule has 0 aromatic rings. The van der Waals surface area contributed by atoms with Gasteiger partial charge in [0.1, 0.15) is 5.76 Å². The van der Waals surface area contributed by atoms with E-state index in [9.17, 15) is 9.59 Å². The Morgan fingerprint density at radius 2 is 1.88 bits per heavy atom. The Morgan fingerprint density at radius 1 is 1.24 bits per heavy atom. The van der Waals surface area contributed by atoms with E-state index in [1.807, 2.05) is 0 Å². The van der Waals surface area contributed by atoms with Gasteiger partial charge in [0.25, 0.3) is 0 Å². The van der Waals surface area contributed by atoms with Gasteiger partial charge in [-0.2, -0.15) is 0 Å². The van der Waals surface area contributed by atoms with E-state index >= 15 is 0 Å². The molecule has 0 unspecified atom stereocenters. The lowest BCUT2D eigenvalue weighted by Crippen LogP contribution is -2.47. The summed E-state index contributed by atoms with van der Waals surface area (Å²) < 4.78 is 12.2. The molecular formula is C20H32O4Si. The third-order valence-corrected chi connectivity index (χ3v) is 11.7. The standard InChI is InChI=1S/C20H32O4Si/c1-12(21)18(22)23-13-8-9-15-17(24-25(6,7)19(2,3)4)14-10-16(14)20(15,5)11-13/h11,14-17H,8-10H2,1-7H3/t14-,15-,16+,17-,20+/m0/s1. The second kappa shape index (κ2) is 5.78. The summed E-state index contributed by atoms with van der Waals surface area (Å²) in [5.74, 6) is 1.15. The Bertz CT molecular complexity index is 630. The fourth-order valence-electron chi connectivity index (χ4n) is 4.58. The number of carbonyl (C=O) groups is 2. The van der Waals surface area contributed by atoms with Gasteiger partial charge in [-0.1, -0.05) is 27.7 Å². The summed E-state index contributed by atoms with van der Waals surface area (Å²) in [5.41, 5.74) is 0.0301. The van der Waals surface area contributed by atoms with E-state index in [4.69, 9.17) is 9.16 Å². The van der Waals surface area contributed by atoms with Crippen molar-refractivity contribution < 1.29 is 18.8 Å². The van der Waals surface area contributed by atoms with Crippen LogP contribution in [0, 0.1) is 23.2 Å². The highest BCUT2D eigenvalue weighted by molar-refractivity contribution is 6.74. The van der Waals surface area contributed by atoms with E-state index in [1.54, 1.807) is 0 Å². The fraction of sp³-hybridized carbons (Fsp3) is 0.800. The molecule has 5 heteroatoms. The van der Waals surface area contributed by atoms with Crippen molar-refractivity contribution in [2.24, 2.45) is 23.2 Å². The first-order valence-electron chi connectivity index (χ1n) is 9.49. The molecule has 0 bridgehead atoms. The van der Waals surface area contributed by atoms with Crippen molar-refractivity contribution in [1.82, 2.24) is 0 Å². The fourth-order valence-corrected chi connectivity index (χ4v) is 5.96. The zero-order valence-corrected chi connectivity index (χ0v) is 17.6. The Labute approximate surface area is 152 Å². The van der Waals surface area contributed by atoms with Crippen molar-refractivity contribution in [1.29, 1.82) is 0 Å². The van der Waals surface area contributed by atoms with Crippen LogP contribution in [-0.2, 0) is 18.8 Å². The molecular weight excluding hydrogens is 332 g/mol. The lowest BCUT2D eigenvalue weighted by molar-refractivity contribution is -0.150. The summed E-state index contributed by atoms with van der Waals surface area (Å²) in [7, 11) is -1.80. The third kappa shape index (κ3) is 3.14. The predicted octanol–water partition coefficient (Wildman–Crippen LogP) is 4.46. The van der Waals surface area contributed by atoms with Gasteiger partial charge in [-0.05, 0) is 60.2 Å². The molecule has 4 nitrogen and oxygen atoms in total. The number of hydrogen-bond acceptors (Lipinski definition) is 4. The summed E-state index contributed by atoms with van der Waals surface area (Å²) in [4.78, 5) is 22.8. The number of allylic oxidation sites excluding steroid dienone is 2. The quantitative estimate of drug-likeness (QED) is 0.420. The van der Waals surface area contributed by atoms with Gasteiger partial charge in [-0.25, -0.2) is 4.79 Å². The van der Waals surface area contributed by atoms with Crippen molar-refractivity contribution >= 4 is 20.1 Å². The largest absolute Gasteiger partial charge is 0.426 e. The number of ketones is 1. The molecule has 140 valence electrons. The zero-order valence-electron chi connectivity index (χ0n) is 16.6. The Hall–Kier alpha value is -0.943. The first-order valence-corrected chi connectivity index (χ1v) is 12.4. The summed E-state index contributed by atoms with van der Waals surface area (Å²) in [6.07, 6.45) is 5.37. The molecule has 25 heavy (non-hydrogen) atoms. The molecule has 2 fully saturated rings. The summed E-state index contributed by atoms with van der Waals surface area (Å²) in [6.45, 7) is 15.1. The SMILES string of the molecule is CC(=O)C(=O)OC1=C[C@@]2(C)[C@@H]3C[C@@H]3[C@H](O[Si](C)(C)C(C)(C)C)[C@@H]2CC1. The number of ether oxygens (including phenoxy) is 1. The highest BCUT2D eigenvalue weighted by Crippen LogP contribution is 2.69. The Balaban J connectivity index is 1.79.